The third-order valence-electron chi connectivity index (χ3n) is 5.05. The Hall–Kier alpha value is -2.17. The Labute approximate surface area is 179 Å². The number of alkyl halides is 3. The number of fused-ring (bicyclic) bond motifs is 1. The molecule has 1 fully saturated rings. The molecule has 0 aliphatic carbocycles. The van der Waals surface area contributed by atoms with Crippen molar-refractivity contribution in [1.82, 2.24) is 19.3 Å². The molecule has 3 aromatic heterocycles. The summed E-state index contributed by atoms with van der Waals surface area (Å²) < 4.78 is 40.1. The van der Waals surface area contributed by atoms with E-state index in [0.29, 0.717) is 42.7 Å². The fourth-order valence-corrected chi connectivity index (χ4v) is 4.75. The van der Waals surface area contributed by atoms with Crippen molar-refractivity contribution in [1.29, 1.82) is 0 Å². The molecule has 30 heavy (non-hydrogen) atoms. The number of anilines is 1. The van der Waals surface area contributed by atoms with Gasteiger partial charge in [-0.25, -0.2) is 9.97 Å². The summed E-state index contributed by atoms with van der Waals surface area (Å²) in [7, 11) is 0. The third kappa shape index (κ3) is 4.30. The molecule has 1 aliphatic heterocycles. The van der Waals surface area contributed by atoms with Gasteiger partial charge in [-0.1, -0.05) is 11.6 Å². The summed E-state index contributed by atoms with van der Waals surface area (Å²) in [5, 5.41) is 1.89. The van der Waals surface area contributed by atoms with Crippen LogP contribution in [0.25, 0.3) is 4.96 Å². The van der Waals surface area contributed by atoms with Crippen molar-refractivity contribution < 1.29 is 13.2 Å². The predicted octanol–water partition coefficient (Wildman–Crippen LogP) is 3.84. The number of hydrogen-bond donors (Lipinski definition) is 0. The van der Waals surface area contributed by atoms with E-state index >= 15 is 0 Å². The standard InChI is InChI=1S/C19H19ClF3N5OS/c1-12-11-30-18-25-14(8-16(29)28(12)18)10-26-3-2-4-27(6-5-26)17-15(20)7-13(9-24-17)19(21,22)23/h7-9,11H,2-6,10H2,1H3. The third-order valence-corrected chi connectivity index (χ3v) is 6.27. The zero-order chi connectivity index (χ0) is 21.5. The maximum absolute atomic E-state index is 12.8. The Morgan fingerprint density at radius 3 is 2.73 bits per heavy atom. The van der Waals surface area contributed by atoms with Crippen LogP contribution in [0.3, 0.4) is 0 Å². The second kappa shape index (κ2) is 8.16. The van der Waals surface area contributed by atoms with Gasteiger partial charge in [0, 0.05) is 56.1 Å². The number of halogens is 4. The molecule has 4 rings (SSSR count). The summed E-state index contributed by atoms with van der Waals surface area (Å²) in [4.78, 5) is 25.7. The molecule has 6 nitrogen and oxygen atoms in total. The van der Waals surface area contributed by atoms with Gasteiger partial charge in [0.2, 0.25) is 0 Å². The highest BCUT2D eigenvalue weighted by Crippen LogP contribution is 2.33. The van der Waals surface area contributed by atoms with Gasteiger partial charge in [-0.15, -0.1) is 11.3 Å². The van der Waals surface area contributed by atoms with Crippen molar-refractivity contribution in [2.45, 2.75) is 26.1 Å². The van der Waals surface area contributed by atoms with Crippen LogP contribution in [-0.4, -0.2) is 45.4 Å². The predicted molar refractivity (Wildman–Crippen MR) is 110 cm³/mol. The van der Waals surface area contributed by atoms with Gasteiger partial charge < -0.3 is 4.90 Å². The van der Waals surface area contributed by atoms with E-state index in [1.54, 1.807) is 10.5 Å². The maximum Gasteiger partial charge on any atom is 0.417 e. The first-order chi connectivity index (χ1) is 14.2. The summed E-state index contributed by atoms with van der Waals surface area (Å²) in [6.07, 6.45) is -2.86. The Balaban J connectivity index is 1.46. The molecule has 0 bridgehead atoms. The van der Waals surface area contributed by atoms with E-state index in [0.717, 1.165) is 30.9 Å². The second-order valence-corrected chi connectivity index (χ2v) is 8.47. The van der Waals surface area contributed by atoms with Gasteiger partial charge >= 0.3 is 6.18 Å². The molecule has 3 aromatic rings. The smallest absolute Gasteiger partial charge is 0.354 e. The van der Waals surface area contributed by atoms with Crippen molar-refractivity contribution in [2.75, 3.05) is 31.1 Å². The van der Waals surface area contributed by atoms with Crippen LogP contribution < -0.4 is 10.5 Å². The molecule has 0 atom stereocenters. The molecule has 0 N–H and O–H groups in total. The number of aromatic nitrogens is 3. The molecule has 0 spiro atoms. The van der Waals surface area contributed by atoms with Crippen molar-refractivity contribution in [3.8, 4) is 0 Å². The lowest BCUT2D eigenvalue weighted by atomic mass is 10.2. The van der Waals surface area contributed by atoms with Gasteiger partial charge in [-0.2, -0.15) is 13.2 Å². The van der Waals surface area contributed by atoms with Crippen molar-refractivity contribution >= 4 is 33.7 Å². The molecule has 4 heterocycles. The topological polar surface area (TPSA) is 53.7 Å². The average molecular weight is 458 g/mol. The van der Waals surface area contributed by atoms with Crippen LogP contribution in [0, 0.1) is 6.92 Å². The average Bonchev–Trinajstić information content (AvgIpc) is 2.90. The van der Waals surface area contributed by atoms with E-state index in [9.17, 15) is 18.0 Å². The highest BCUT2D eigenvalue weighted by Gasteiger charge is 2.32. The largest absolute Gasteiger partial charge is 0.417 e. The minimum Gasteiger partial charge on any atom is -0.354 e. The number of nitrogens with zero attached hydrogens (tertiary/aromatic N) is 5. The number of thiazole rings is 1. The number of rotatable bonds is 3. The fraction of sp³-hybridized carbons (Fsp3) is 0.421. The zero-order valence-corrected chi connectivity index (χ0v) is 17.7. The number of pyridine rings is 1. The Morgan fingerprint density at radius 2 is 2.00 bits per heavy atom. The Bertz CT molecular complexity index is 1130. The van der Waals surface area contributed by atoms with Crippen LogP contribution in [0.2, 0.25) is 5.02 Å². The molecule has 0 saturated carbocycles. The summed E-state index contributed by atoms with van der Waals surface area (Å²) in [5.41, 5.74) is 0.626. The summed E-state index contributed by atoms with van der Waals surface area (Å²) in [6, 6.07) is 2.48. The first-order valence-electron chi connectivity index (χ1n) is 9.39. The van der Waals surface area contributed by atoms with Crippen LogP contribution in [0.1, 0.15) is 23.4 Å². The minimum atomic E-state index is -4.47. The number of aryl methyl sites for hydroxylation is 1. The monoisotopic (exact) mass is 457 g/mol. The summed E-state index contributed by atoms with van der Waals surface area (Å²) in [5.74, 6) is 0.360. The molecule has 160 valence electrons. The summed E-state index contributed by atoms with van der Waals surface area (Å²) in [6.45, 7) is 5.04. The van der Waals surface area contributed by atoms with E-state index in [2.05, 4.69) is 14.9 Å². The first-order valence-corrected chi connectivity index (χ1v) is 10.6. The maximum atomic E-state index is 12.8. The van der Waals surface area contributed by atoms with Crippen LogP contribution >= 0.6 is 22.9 Å². The fourth-order valence-electron chi connectivity index (χ4n) is 3.57. The van der Waals surface area contributed by atoms with Crippen LogP contribution in [0.4, 0.5) is 19.0 Å². The molecule has 0 unspecified atom stereocenters. The number of hydrogen-bond acceptors (Lipinski definition) is 6. The molecular formula is C19H19ClF3N5OS. The molecule has 0 radical (unpaired) electrons. The van der Waals surface area contributed by atoms with Gasteiger partial charge in [-0.3, -0.25) is 14.1 Å². The molecule has 1 aliphatic rings. The van der Waals surface area contributed by atoms with E-state index in [1.165, 1.54) is 11.3 Å². The molecule has 0 amide bonds. The van der Waals surface area contributed by atoms with Crippen LogP contribution in [0.5, 0.6) is 0 Å². The normalized spacial score (nSPS) is 16.2. The highest BCUT2D eigenvalue weighted by atomic mass is 35.5. The van der Waals surface area contributed by atoms with E-state index in [-0.39, 0.29) is 10.6 Å². The van der Waals surface area contributed by atoms with Gasteiger partial charge in [0.05, 0.1) is 16.3 Å². The van der Waals surface area contributed by atoms with Gasteiger partial charge in [0.1, 0.15) is 5.82 Å². The minimum absolute atomic E-state index is 0.00789. The lowest BCUT2D eigenvalue weighted by Crippen LogP contribution is -2.31. The Kier molecular flexibility index (Phi) is 5.73. The van der Waals surface area contributed by atoms with Crippen LogP contribution in [-0.2, 0) is 12.7 Å². The lowest BCUT2D eigenvalue weighted by Gasteiger charge is -2.24. The quantitative estimate of drug-likeness (QED) is 0.598. The zero-order valence-electron chi connectivity index (χ0n) is 16.1. The van der Waals surface area contributed by atoms with Gasteiger partial charge in [0.15, 0.2) is 4.96 Å². The molecular weight excluding hydrogens is 439 g/mol. The van der Waals surface area contributed by atoms with E-state index in [4.69, 9.17) is 11.6 Å². The SMILES string of the molecule is Cc1csc2nc(CN3CCCN(c4ncc(C(F)(F)F)cc4Cl)CC3)cc(=O)n12. The summed E-state index contributed by atoms with van der Waals surface area (Å²) >= 11 is 7.53. The second-order valence-electron chi connectivity index (χ2n) is 7.22. The molecule has 11 heteroatoms. The van der Waals surface area contributed by atoms with E-state index < -0.39 is 11.7 Å². The van der Waals surface area contributed by atoms with Crippen molar-refractivity contribution in [3.63, 3.8) is 0 Å². The molecule has 1 saturated heterocycles. The lowest BCUT2D eigenvalue weighted by molar-refractivity contribution is -0.137. The highest BCUT2D eigenvalue weighted by molar-refractivity contribution is 7.15. The van der Waals surface area contributed by atoms with Crippen LogP contribution in [0.15, 0.2) is 28.5 Å². The van der Waals surface area contributed by atoms with E-state index in [1.807, 2.05) is 17.2 Å². The van der Waals surface area contributed by atoms with Crippen molar-refractivity contribution in [2.24, 2.45) is 0 Å². The van der Waals surface area contributed by atoms with Gasteiger partial charge in [-0.05, 0) is 19.4 Å². The Morgan fingerprint density at radius 1 is 1.20 bits per heavy atom. The van der Waals surface area contributed by atoms with Crippen molar-refractivity contribution in [3.05, 3.63) is 56.0 Å². The first kappa shape index (κ1) is 21.1. The molecule has 0 aromatic carbocycles. The van der Waals surface area contributed by atoms with Gasteiger partial charge in [0.25, 0.3) is 5.56 Å².